The molecule has 24 heavy (non-hydrogen) atoms. The van der Waals surface area contributed by atoms with Gasteiger partial charge in [0.2, 0.25) is 0 Å². The molecule has 1 atom stereocenters. The quantitative estimate of drug-likeness (QED) is 0.897. The third-order valence-corrected chi connectivity index (χ3v) is 4.43. The molecule has 2 aromatic carbocycles. The fourth-order valence-corrected chi connectivity index (χ4v) is 3.23. The number of Topliss-reactive ketones (excluding diaryl/α,β-unsaturated/α-hetero) is 1. The van der Waals surface area contributed by atoms with Gasteiger partial charge in [0.15, 0.2) is 12.4 Å². The minimum Gasteiger partial charge on any atom is -0.483 e. The van der Waals surface area contributed by atoms with Crippen molar-refractivity contribution in [2.45, 2.75) is 26.2 Å². The molecule has 1 amide bonds. The number of hydrogen-bond donors (Lipinski definition) is 1. The Hall–Kier alpha value is -2.33. The van der Waals surface area contributed by atoms with Gasteiger partial charge in [-0.05, 0) is 54.3 Å². The number of benzene rings is 2. The number of ether oxygens (including phenoxy) is 1. The van der Waals surface area contributed by atoms with E-state index < -0.39 is 0 Å². The number of carbonyl (C=O) groups is 2. The lowest BCUT2D eigenvalue weighted by atomic mass is 9.97. The molecule has 0 saturated carbocycles. The second-order valence-corrected chi connectivity index (χ2v) is 6.48. The summed E-state index contributed by atoms with van der Waals surface area (Å²) in [6, 6.07) is 10.5. The Morgan fingerprint density at radius 2 is 1.96 bits per heavy atom. The van der Waals surface area contributed by atoms with E-state index in [-0.39, 0.29) is 24.2 Å². The van der Waals surface area contributed by atoms with Crippen molar-refractivity contribution in [1.29, 1.82) is 0 Å². The number of anilines is 1. The van der Waals surface area contributed by atoms with Crippen molar-refractivity contribution >= 4 is 29.0 Å². The van der Waals surface area contributed by atoms with E-state index in [2.05, 4.69) is 5.32 Å². The molecule has 0 bridgehead atoms. The van der Waals surface area contributed by atoms with Gasteiger partial charge in [-0.15, -0.1) is 0 Å². The molecule has 5 heteroatoms. The van der Waals surface area contributed by atoms with Gasteiger partial charge in [0.1, 0.15) is 5.75 Å². The summed E-state index contributed by atoms with van der Waals surface area (Å²) in [5.74, 6) is 0.467. The number of amides is 1. The number of nitrogens with one attached hydrogen (secondary N) is 1. The maximum Gasteiger partial charge on any atom is 0.262 e. The van der Waals surface area contributed by atoms with E-state index >= 15 is 0 Å². The summed E-state index contributed by atoms with van der Waals surface area (Å²) in [5, 5.41) is 3.33. The lowest BCUT2D eigenvalue weighted by molar-refractivity contribution is -0.118. The van der Waals surface area contributed by atoms with Crippen LogP contribution in [0.4, 0.5) is 5.69 Å². The highest BCUT2D eigenvalue weighted by Crippen LogP contribution is 2.40. The lowest BCUT2D eigenvalue weighted by Gasteiger charge is -2.13. The van der Waals surface area contributed by atoms with E-state index in [4.69, 9.17) is 16.3 Å². The first kappa shape index (κ1) is 16.5. The highest BCUT2D eigenvalue weighted by molar-refractivity contribution is 6.30. The Morgan fingerprint density at radius 3 is 2.67 bits per heavy atom. The molecule has 4 nitrogen and oxygen atoms in total. The van der Waals surface area contributed by atoms with Gasteiger partial charge in [-0.3, -0.25) is 9.59 Å². The van der Waals surface area contributed by atoms with Gasteiger partial charge in [0.25, 0.3) is 5.91 Å². The molecule has 1 N–H and O–H groups in total. The molecule has 1 unspecified atom stereocenters. The molecule has 2 aromatic rings. The summed E-state index contributed by atoms with van der Waals surface area (Å²) in [7, 11) is 0. The van der Waals surface area contributed by atoms with Crippen LogP contribution in [-0.2, 0) is 4.79 Å². The van der Waals surface area contributed by atoms with E-state index in [9.17, 15) is 9.59 Å². The van der Waals surface area contributed by atoms with Gasteiger partial charge in [-0.2, -0.15) is 0 Å². The Balaban J connectivity index is 1.70. The minimum atomic E-state index is -0.287. The van der Waals surface area contributed by atoms with E-state index in [1.54, 1.807) is 30.3 Å². The van der Waals surface area contributed by atoms with Gasteiger partial charge in [0.05, 0.1) is 5.56 Å². The van der Waals surface area contributed by atoms with Crippen molar-refractivity contribution in [2.24, 2.45) is 0 Å². The van der Waals surface area contributed by atoms with Crippen LogP contribution in [-0.4, -0.2) is 18.3 Å². The van der Waals surface area contributed by atoms with Gasteiger partial charge < -0.3 is 10.1 Å². The van der Waals surface area contributed by atoms with E-state index in [0.717, 1.165) is 11.1 Å². The topological polar surface area (TPSA) is 55.4 Å². The fraction of sp³-hybridized carbons (Fsp3) is 0.263. The molecule has 0 aliphatic heterocycles. The van der Waals surface area contributed by atoms with Crippen molar-refractivity contribution in [3.8, 4) is 5.75 Å². The Bertz CT molecular complexity index is 799. The smallest absolute Gasteiger partial charge is 0.262 e. The molecule has 0 saturated heterocycles. The van der Waals surface area contributed by atoms with E-state index in [1.165, 1.54) is 0 Å². The highest BCUT2D eigenvalue weighted by atomic mass is 35.5. The van der Waals surface area contributed by atoms with Crippen molar-refractivity contribution in [3.05, 3.63) is 58.1 Å². The first-order valence-electron chi connectivity index (χ1n) is 7.80. The largest absolute Gasteiger partial charge is 0.483 e. The fourth-order valence-electron chi connectivity index (χ4n) is 3.10. The number of ketones is 1. The van der Waals surface area contributed by atoms with Crippen molar-refractivity contribution in [2.75, 3.05) is 11.9 Å². The molecule has 3 rings (SSSR count). The standard InChI is InChI=1S/C19H18ClNO3/c1-11-3-8-16(19-15(22)9-12(2)18(11)19)24-10-17(23)21-14-6-4-13(20)5-7-14/h3-8,12H,9-10H2,1-2H3,(H,21,23). The Kier molecular flexibility index (Phi) is 4.58. The summed E-state index contributed by atoms with van der Waals surface area (Å²) >= 11 is 5.81. The normalized spacial score (nSPS) is 16.0. The Labute approximate surface area is 145 Å². The molecular weight excluding hydrogens is 326 g/mol. The summed E-state index contributed by atoms with van der Waals surface area (Å²) in [6.45, 7) is 3.87. The summed E-state index contributed by atoms with van der Waals surface area (Å²) in [5.41, 5.74) is 3.39. The van der Waals surface area contributed by atoms with E-state index in [1.807, 2.05) is 19.9 Å². The first-order chi connectivity index (χ1) is 11.5. The Morgan fingerprint density at radius 1 is 1.25 bits per heavy atom. The lowest BCUT2D eigenvalue weighted by Crippen LogP contribution is -2.20. The molecule has 0 radical (unpaired) electrons. The summed E-state index contributed by atoms with van der Waals surface area (Å²) in [6.07, 6.45) is 0.494. The summed E-state index contributed by atoms with van der Waals surface area (Å²) < 4.78 is 5.62. The van der Waals surface area contributed by atoms with Crippen LogP contribution in [0, 0.1) is 6.92 Å². The predicted octanol–water partition coefficient (Wildman–Crippen LogP) is 4.36. The zero-order valence-electron chi connectivity index (χ0n) is 13.6. The number of hydrogen-bond acceptors (Lipinski definition) is 3. The second-order valence-electron chi connectivity index (χ2n) is 6.04. The molecule has 0 fully saturated rings. The molecule has 124 valence electrons. The van der Waals surface area contributed by atoms with Crippen molar-refractivity contribution in [3.63, 3.8) is 0 Å². The number of carbonyl (C=O) groups excluding carboxylic acids is 2. The number of rotatable bonds is 4. The van der Waals surface area contributed by atoms with Crippen LogP contribution in [0.15, 0.2) is 36.4 Å². The zero-order chi connectivity index (χ0) is 17.3. The molecule has 0 aromatic heterocycles. The highest BCUT2D eigenvalue weighted by Gasteiger charge is 2.31. The van der Waals surface area contributed by atoms with Crippen LogP contribution < -0.4 is 10.1 Å². The maximum atomic E-state index is 12.2. The van der Waals surface area contributed by atoms with Crippen LogP contribution in [0.1, 0.15) is 40.7 Å². The number of aryl methyl sites for hydroxylation is 1. The number of fused-ring (bicyclic) bond motifs is 1. The van der Waals surface area contributed by atoms with Crippen molar-refractivity contribution in [1.82, 2.24) is 0 Å². The molecule has 0 spiro atoms. The molecule has 1 aliphatic carbocycles. The average Bonchev–Trinajstić information content (AvgIpc) is 2.85. The van der Waals surface area contributed by atoms with Gasteiger partial charge in [0, 0.05) is 17.1 Å². The second kappa shape index (κ2) is 6.65. The van der Waals surface area contributed by atoms with Crippen molar-refractivity contribution < 1.29 is 14.3 Å². The number of halogens is 1. The third-order valence-electron chi connectivity index (χ3n) is 4.18. The maximum absolute atomic E-state index is 12.2. The zero-order valence-corrected chi connectivity index (χ0v) is 14.3. The molecule has 0 heterocycles. The van der Waals surface area contributed by atoms with Gasteiger partial charge in [-0.25, -0.2) is 0 Å². The monoisotopic (exact) mass is 343 g/mol. The van der Waals surface area contributed by atoms with Gasteiger partial charge >= 0.3 is 0 Å². The van der Waals surface area contributed by atoms with Gasteiger partial charge in [-0.1, -0.05) is 24.6 Å². The van der Waals surface area contributed by atoms with E-state index in [0.29, 0.717) is 28.4 Å². The van der Waals surface area contributed by atoms with Crippen LogP contribution in [0.25, 0.3) is 0 Å². The SMILES string of the molecule is Cc1ccc(OCC(=O)Nc2ccc(Cl)cc2)c2c1C(C)CC2=O. The summed E-state index contributed by atoms with van der Waals surface area (Å²) in [4.78, 5) is 24.3. The predicted molar refractivity (Wildman–Crippen MR) is 94.1 cm³/mol. The average molecular weight is 344 g/mol. The van der Waals surface area contributed by atoms with Crippen LogP contribution >= 0.6 is 11.6 Å². The molecule has 1 aliphatic rings. The van der Waals surface area contributed by atoms with Crippen LogP contribution in [0.3, 0.4) is 0 Å². The molecular formula is C19H18ClNO3. The van der Waals surface area contributed by atoms with Crippen LogP contribution in [0.2, 0.25) is 5.02 Å². The first-order valence-corrected chi connectivity index (χ1v) is 8.18. The third kappa shape index (κ3) is 3.29. The minimum absolute atomic E-state index is 0.0781. The van der Waals surface area contributed by atoms with Crippen LogP contribution in [0.5, 0.6) is 5.75 Å².